The minimum Gasteiger partial charge on any atom is -0.483 e. The number of benzene rings is 2. The van der Waals surface area contributed by atoms with Crippen LogP contribution < -0.4 is 15.2 Å². The third-order valence-electron chi connectivity index (χ3n) is 4.48. The first-order valence-corrected chi connectivity index (χ1v) is 10.9. The maximum Gasteiger partial charge on any atom is 0.262 e. The SMILES string of the molecule is CC(C)(C)c1ccc(OCC(=O)Nc2ccc(S(N)(=O)=O)cc2)c(C(C)(C)C)c1. The van der Waals surface area contributed by atoms with E-state index < -0.39 is 10.0 Å². The minimum atomic E-state index is -3.76. The lowest BCUT2D eigenvalue weighted by molar-refractivity contribution is -0.118. The van der Waals surface area contributed by atoms with Crippen molar-refractivity contribution in [3.63, 3.8) is 0 Å². The Labute approximate surface area is 173 Å². The second-order valence-electron chi connectivity index (χ2n) is 9.12. The summed E-state index contributed by atoms with van der Waals surface area (Å²) < 4.78 is 28.4. The first-order valence-electron chi connectivity index (χ1n) is 9.38. The summed E-state index contributed by atoms with van der Waals surface area (Å²) in [6, 6.07) is 11.7. The molecular formula is C22H30N2O4S. The second kappa shape index (κ2) is 8.16. The molecule has 0 saturated heterocycles. The van der Waals surface area contributed by atoms with Gasteiger partial charge in [0.25, 0.3) is 5.91 Å². The highest BCUT2D eigenvalue weighted by Crippen LogP contribution is 2.35. The molecule has 0 heterocycles. The molecule has 29 heavy (non-hydrogen) atoms. The van der Waals surface area contributed by atoms with E-state index in [-0.39, 0.29) is 28.2 Å². The lowest BCUT2D eigenvalue weighted by atomic mass is 9.80. The fraction of sp³-hybridized carbons (Fsp3) is 0.409. The van der Waals surface area contributed by atoms with Crippen LogP contribution in [0.1, 0.15) is 52.7 Å². The summed E-state index contributed by atoms with van der Waals surface area (Å²) in [5.74, 6) is 0.332. The largest absolute Gasteiger partial charge is 0.483 e. The zero-order valence-corrected chi connectivity index (χ0v) is 18.7. The fourth-order valence-corrected chi connectivity index (χ4v) is 3.29. The molecule has 1 amide bonds. The van der Waals surface area contributed by atoms with Gasteiger partial charge in [0.2, 0.25) is 10.0 Å². The van der Waals surface area contributed by atoms with Crippen molar-refractivity contribution >= 4 is 21.6 Å². The van der Waals surface area contributed by atoms with E-state index >= 15 is 0 Å². The van der Waals surface area contributed by atoms with Gasteiger partial charge in [0, 0.05) is 5.69 Å². The van der Waals surface area contributed by atoms with Crippen molar-refractivity contribution < 1.29 is 17.9 Å². The Kier molecular flexibility index (Phi) is 6.45. The van der Waals surface area contributed by atoms with Crippen molar-refractivity contribution in [2.45, 2.75) is 57.3 Å². The average molecular weight is 419 g/mol. The van der Waals surface area contributed by atoms with Crippen molar-refractivity contribution in [3.05, 3.63) is 53.6 Å². The molecule has 0 aliphatic carbocycles. The van der Waals surface area contributed by atoms with Gasteiger partial charge in [-0.3, -0.25) is 4.79 Å². The molecule has 0 aliphatic heterocycles. The molecule has 3 N–H and O–H groups in total. The third kappa shape index (κ3) is 6.30. The number of anilines is 1. The van der Waals surface area contributed by atoms with Crippen LogP contribution in [-0.2, 0) is 25.6 Å². The first-order chi connectivity index (χ1) is 13.2. The number of nitrogens with one attached hydrogen (secondary N) is 1. The Morgan fingerprint density at radius 1 is 0.966 bits per heavy atom. The van der Waals surface area contributed by atoms with E-state index in [2.05, 4.69) is 52.9 Å². The molecule has 0 fully saturated rings. The predicted molar refractivity (Wildman–Crippen MR) is 116 cm³/mol. The molecule has 0 bridgehead atoms. The standard InChI is InChI=1S/C22H30N2O4S/c1-21(2,3)15-7-12-19(18(13-15)22(4,5)6)28-14-20(25)24-16-8-10-17(11-9-16)29(23,26)27/h7-13H,14H2,1-6H3,(H,24,25)(H2,23,26,27). The monoisotopic (exact) mass is 418 g/mol. The molecule has 0 radical (unpaired) electrons. The van der Waals surface area contributed by atoms with E-state index in [0.29, 0.717) is 11.4 Å². The number of primary sulfonamides is 1. The van der Waals surface area contributed by atoms with Crippen molar-refractivity contribution in [1.29, 1.82) is 0 Å². The molecule has 6 nitrogen and oxygen atoms in total. The Morgan fingerprint density at radius 3 is 2.03 bits per heavy atom. The molecule has 2 aromatic rings. The van der Waals surface area contributed by atoms with Crippen LogP contribution in [0, 0.1) is 0 Å². The summed E-state index contributed by atoms with van der Waals surface area (Å²) in [7, 11) is -3.76. The molecular weight excluding hydrogens is 388 g/mol. The number of nitrogens with two attached hydrogens (primary N) is 1. The van der Waals surface area contributed by atoms with Crippen molar-refractivity contribution in [1.82, 2.24) is 0 Å². The highest BCUT2D eigenvalue weighted by Gasteiger charge is 2.23. The van der Waals surface area contributed by atoms with E-state index in [1.54, 1.807) is 0 Å². The highest BCUT2D eigenvalue weighted by molar-refractivity contribution is 7.89. The molecule has 2 rings (SSSR count). The van der Waals surface area contributed by atoms with E-state index in [0.717, 1.165) is 5.56 Å². The number of rotatable bonds is 5. The maximum absolute atomic E-state index is 12.3. The van der Waals surface area contributed by atoms with E-state index in [4.69, 9.17) is 9.88 Å². The van der Waals surface area contributed by atoms with Gasteiger partial charge in [-0.2, -0.15) is 0 Å². The summed E-state index contributed by atoms with van der Waals surface area (Å²) >= 11 is 0. The first kappa shape index (κ1) is 22.9. The number of amides is 1. The third-order valence-corrected chi connectivity index (χ3v) is 5.41. The van der Waals surface area contributed by atoms with Gasteiger partial charge >= 0.3 is 0 Å². The van der Waals surface area contributed by atoms with Crippen LogP contribution in [0.3, 0.4) is 0 Å². The van der Waals surface area contributed by atoms with Gasteiger partial charge in [0.05, 0.1) is 4.90 Å². The summed E-state index contributed by atoms with van der Waals surface area (Å²) in [6.07, 6.45) is 0. The Hall–Kier alpha value is -2.38. The number of hydrogen-bond acceptors (Lipinski definition) is 4. The molecule has 2 aromatic carbocycles. The number of carbonyl (C=O) groups is 1. The molecule has 0 aliphatic rings. The van der Waals surface area contributed by atoms with Crippen LogP contribution >= 0.6 is 0 Å². The molecule has 0 unspecified atom stereocenters. The van der Waals surface area contributed by atoms with Crippen molar-refractivity contribution in [3.8, 4) is 5.75 Å². The summed E-state index contributed by atoms with van der Waals surface area (Å²) in [6.45, 7) is 12.6. The Bertz CT molecular complexity index is 983. The van der Waals surface area contributed by atoms with Gasteiger partial charge in [-0.15, -0.1) is 0 Å². The Balaban J connectivity index is 2.11. The molecule has 158 valence electrons. The summed E-state index contributed by atoms with van der Waals surface area (Å²) in [5, 5.41) is 7.76. The molecule has 0 atom stereocenters. The quantitative estimate of drug-likeness (QED) is 0.768. The van der Waals surface area contributed by atoms with E-state index in [1.807, 2.05) is 12.1 Å². The van der Waals surface area contributed by atoms with Crippen molar-refractivity contribution in [2.24, 2.45) is 5.14 Å². The van der Waals surface area contributed by atoms with Gasteiger partial charge in [-0.25, -0.2) is 13.6 Å². The number of ether oxygens (including phenoxy) is 1. The molecule has 0 aromatic heterocycles. The lowest BCUT2D eigenvalue weighted by Crippen LogP contribution is -2.23. The van der Waals surface area contributed by atoms with Crippen LogP contribution in [0.4, 0.5) is 5.69 Å². The van der Waals surface area contributed by atoms with Crippen LogP contribution in [0.5, 0.6) is 5.75 Å². The second-order valence-corrected chi connectivity index (χ2v) is 10.7. The fourth-order valence-electron chi connectivity index (χ4n) is 2.78. The normalized spacial score (nSPS) is 12.5. The minimum absolute atomic E-state index is 0.0130. The zero-order valence-electron chi connectivity index (χ0n) is 17.9. The van der Waals surface area contributed by atoms with E-state index in [9.17, 15) is 13.2 Å². The van der Waals surface area contributed by atoms with Gasteiger partial charge in [0.15, 0.2) is 6.61 Å². The number of hydrogen-bond donors (Lipinski definition) is 2. The van der Waals surface area contributed by atoms with Gasteiger partial charge in [-0.05, 0) is 52.3 Å². The number of sulfonamides is 1. The molecule has 7 heteroatoms. The van der Waals surface area contributed by atoms with E-state index in [1.165, 1.54) is 29.8 Å². The molecule has 0 spiro atoms. The van der Waals surface area contributed by atoms with Crippen molar-refractivity contribution in [2.75, 3.05) is 11.9 Å². The Morgan fingerprint density at radius 2 is 1.55 bits per heavy atom. The highest BCUT2D eigenvalue weighted by atomic mass is 32.2. The summed E-state index contributed by atoms with van der Waals surface area (Å²) in [4.78, 5) is 12.3. The van der Waals surface area contributed by atoms with Crippen LogP contribution in [0.25, 0.3) is 0 Å². The van der Waals surface area contributed by atoms with Gasteiger partial charge in [-0.1, -0.05) is 53.7 Å². The topological polar surface area (TPSA) is 98.5 Å². The van der Waals surface area contributed by atoms with Crippen LogP contribution in [-0.4, -0.2) is 20.9 Å². The lowest BCUT2D eigenvalue weighted by Gasteiger charge is -2.27. The average Bonchev–Trinajstić information content (AvgIpc) is 2.58. The molecule has 0 saturated carbocycles. The summed E-state index contributed by atoms with van der Waals surface area (Å²) in [5.41, 5.74) is 2.57. The van der Waals surface area contributed by atoms with Gasteiger partial charge in [0.1, 0.15) is 5.75 Å². The van der Waals surface area contributed by atoms with Gasteiger partial charge < -0.3 is 10.1 Å². The zero-order chi connectivity index (χ0) is 22.0. The predicted octanol–water partition coefficient (Wildman–Crippen LogP) is 3.95. The van der Waals surface area contributed by atoms with Crippen LogP contribution in [0.15, 0.2) is 47.4 Å². The smallest absolute Gasteiger partial charge is 0.262 e. The maximum atomic E-state index is 12.3. The van der Waals surface area contributed by atoms with Crippen LogP contribution in [0.2, 0.25) is 0 Å². The number of carbonyl (C=O) groups excluding carboxylic acids is 1.